The maximum absolute atomic E-state index is 11.8. The predicted octanol–water partition coefficient (Wildman–Crippen LogP) is 1.26. The highest BCUT2D eigenvalue weighted by Crippen LogP contribution is 2.23. The van der Waals surface area contributed by atoms with Crippen LogP contribution < -0.4 is 20.3 Å². The SMILES string of the molecule is O=C1CCN(c2ccc(OC3CCNCC3)cc2)C(=O)N1. The number of ether oxygens (including phenoxy) is 1. The van der Waals surface area contributed by atoms with Crippen molar-refractivity contribution in [1.82, 2.24) is 10.6 Å². The van der Waals surface area contributed by atoms with Crippen LogP contribution in [0.2, 0.25) is 0 Å². The summed E-state index contributed by atoms with van der Waals surface area (Å²) in [5, 5.41) is 5.62. The van der Waals surface area contributed by atoms with E-state index in [-0.39, 0.29) is 18.0 Å². The van der Waals surface area contributed by atoms with Crippen LogP contribution >= 0.6 is 0 Å². The minimum atomic E-state index is -0.363. The second kappa shape index (κ2) is 6.13. The van der Waals surface area contributed by atoms with Crippen LogP contribution in [-0.2, 0) is 4.79 Å². The topological polar surface area (TPSA) is 70.7 Å². The molecule has 2 N–H and O–H groups in total. The number of hydrogen-bond acceptors (Lipinski definition) is 4. The van der Waals surface area contributed by atoms with E-state index in [9.17, 15) is 9.59 Å². The van der Waals surface area contributed by atoms with E-state index >= 15 is 0 Å². The van der Waals surface area contributed by atoms with Crippen molar-refractivity contribution in [2.24, 2.45) is 0 Å². The standard InChI is InChI=1S/C15H19N3O3/c19-14-7-10-18(15(20)17-14)11-1-3-12(4-2-11)21-13-5-8-16-9-6-13/h1-4,13,16H,5-10H2,(H,17,19,20). The molecule has 3 rings (SSSR count). The Hall–Kier alpha value is -2.08. The number of nitrogens with one attached hydrogen (secondary N) is 2. The molecule has 6 heteroatoms. The summed E-state index contributed by atoms with van der Waals surface area (Å²) in [6, 6.07) is 7.10. The van der Waals surface area contributed by atoms with Gasteiger partial charge in [0.25, 0.3) is 0 Å². The molecule has 0 unspecified atom stereocenters. The van der Waals surface area contributed by atoms with Crippen LogP contribution in [-0.4, -0.2) is 37.7 Å². The molecule has 0 radical (unpaired) electrons. The van der Waals surface area contributed by atoms with Crippen molar-refractivity contribution in [3.05, 3.63) is 24.3 Å². The highest BCUT2D eigenvalue weighted by molar-refractivity contribution is 6.05. The quantitative estimate of drug-likeness (QED) is 0.879. The van der Waals surface area contributed by atoms with Crippen molar-refractivity contribution in [3.63, 3.8) is 0 Å². The van der Waals surface area contributed by atoms with E-state index < -0.39 is 0 Å². The first-order valence-electron chi connectivity index (χ1n) is 7.31. The largest absolute Gasteiger partial charge is 0.490 e. The van der Waals surface area contributed by atoms with E-state index in [1.807, 2.05) is 24.3 Å². The number of nitrogens with zero attached hydrogens (tertiary/aromatic N) is 1. The summed E-state index contributed by atoms with van der Waals surface area (Å²) in [6.45, 7) is 2.40. The minimum absolute atomic E-state index is 0.220. The fraction of sp³-hybridized carbons (Fsp3) is 0.467. The van der Waals surface area contributed by atoms with Gasteiger partial charge in [0.1, 0.15) is 11.9 Å². The van der Waals surface area contributed by atoms with Crippen molar-refractivity contribution < 1.29 is 14.3 Å². The number of anilines is 1. The third-order valence-corrected chi connectivity index (χ3v) is 3.79. The molecule has 2 heterocycles. The van der Waals surface area contributed by atoms with Crippen molar-refractivity contribution in [1.29, 1.82) is 0 Å². The van der Waals surface area contributed by atoms with Crippen molar-refractivity contribution >= 4 is 17.6 Å². The van der Waals surface area contributed by atoms with E-state index in [1.165, 1.54) is 0 Å². The normalized spacial score (nSPS) is 20.3. The van der Waals surface area contributed by atoms with Crippen LogP contribution in [0.4, 0.5) is 10.5 Å². The Morgan fingerprint density at radius 3 is 2.48 bits per heavy atom. The maximum atomic E-state index is 11.8. The highest BCUT2D eigenvalue weighted by atomic mass is 16.5. The Kier molecular flexibility index (Phi) is 4.06. The van der Waals surface area contributed by atoms with Crippen LogP contribution in [0.3, 0.4) is 0 Å². The zero-order valence-corrected chi connectivity index (χ0v) is 11.8. The van der Waals surface area contributed by atoms with Gasteiger partial charge < -0.3 is 10.1 Å². The smallest absolute Gasteiger partial charge is 0.328 e. The lowest BCUT2D eigenvalue weighted by Crippen LogP contribution is -2.49. The Balaban J connectivity index is 1.63. The van der Waals surface area contributed by atoms with Gasteiger partial charge in [-0.25, -0.2) is 4.79 Å². The molecular formula is C15H19N3O3. The van der Waals surface area contributed by atoms with E-state index in [0.717, 1.165) is 37.4 Å². The van der Waals surface area contributed by atoms with Gasteiger partial charge in [-0.3, -0.25) is 15.0 Å². The van der Waals surface area contributed by atoms with Gasteiger partial charge in [0, 0.05) is 18.7 Å². The predicted molar refractivity (Wildman–Crippen MR) is 78.5 cm³/mol. The Morgan fingerprint density at radius 1 is 1.10 bits per heavy atom. The number of carbonyl (C=O) groups is 2. The van der Waals surface area contributed by atoms with Gasteiger partial charge in [0.15, 0.2) is 0 Å². The van der Waals surface area contributed by atoms with E-state index in [1.54, 1.807) is 4.90 Å². The summed E-state index contributed by atoms with van der Waals surface area (Å²) >= 11 is 0. The Labute approximate surface area is 123 Å². The fourth-order valence-corrected chi connectivity index (χ4v) is 2.62. The molecule has 0 aliphatic carbocycles. The summed E-state index contributed by atoms with van der Waals surface area (Å²) in [4.78, 5) is 24.5. The molecule has 6 nitrogen and oxygen atoms in total. The molecule has 1 aromatic carbocycles. The van der Waals surface area contributed by atoms with Gasteiger partial charge in [0.2, 0.25) is 5.91 Å². The summed E-state index contributed by atoms with van der Waals surface area (Å²) < 4.78 is 5.93. The van der Waals surface area contributed by atoms with Crippen LogP contribution in [0.1, 0.15) is 19.3 Å². The molecule has 2 fully saturated rings. The van der Waals surface area contributed by atoms with Gasteiger partial charge in [-0.2, -0.15) is 0 Å². The minimum Gasteiger partial charge on any atom is -0.490 e. The second-order valence-electron chi connectivity index (χ2n) is 5.32. The molecule has 0 bridgehead atoms. The number of piperidine rings is 1. The van der Waals surface area contributed by atoms with E-state index in [4.69, 9.17) is 4.74 Å². The van der Waals surface area contributed by atoms with Crippen molar-refractivity contribution in [2.45, 2.75) is 25.4 Å². The number of hydrogen-bond donors (Lipinski definition) is 2. The molecule has 0 saturated carbocycles. The van der Waals surface area contributed by atoms with Crippen LogP contribution in [0.25, 0.3) is 0 Å². The summed E-state index contributed by atoms with van der Waals surface area (Å²) in [7, 11) is 0. The maximum Gasteiger partial charge on any atom is 0.328 e. The molecule has 2 aliphatic rings. The molecule has 2 aliphatic heterocycles. The van der Waals surface area contributed by atoms with Gasteiger partial charge in [-0.05, 0) is 50.2 Å². The van der Waals surface area contributed by atoms with Gasteiger partial charge >= 0.3 is 6.03 Å². The van der Waals surface area contributed by atoms with Gasteiger partial charge in [-0.15, -0.1) is 0 Å². The molecule has 3 amide bonds. The second-order valence-corrected chi connectivity index (χ2v) is 5.32. The summed E-state index contributed by atoms with van der Waals surface area (Å²) in [5.41, 5.74) is 0.776. The lowest BCUT2D eigenvalue weighted by molar-refractivity contribution is -0.120. The first kappa shape index (κ1) is 13.9. The third kappa shape index (κ3) is 3.33. The molecule has 2 saturated heterocycles. The molecule has 0 aromatic heterocycles. The van der Waals surface area contributed by atoms with E-state index in [0.29, 0.717) is 13.0 Å². The number of carbonyl (C=O) groups excluding carboxylic acids is 2. The lowest BCUT2D eigenvalue weighted by atomic mass is 10.1. The molecule has 112 valence electrons. The summed E-state index contributed by atoms with van der Waals surface area (Å²) in [6.07, 6.45) is 2.61. The fourth-order valence-electron chi connectivity index (χ4n) is 2.62. The number of imide groups is 1. The van der Waals surface area contributed by atoms with Crippen LogP contribution in [0, 0.1) is 0 Å². The van der Waals surface area contributed by atoms with Crippen LogP contribution in [0.15, 0.2) is 24.3 Å². The number of rotatable bonds is 3. The van der Waals surface area contributed by atoms with E-state index in [2.05, 4.69) is 10.6 Å². The zero-order chi connectivity index (χ0) is 14.7. The average molecular weight is 289 g/mol. The van der Waals surface area contributed by atoms with Crippen LogP contribution in [0.5, 0.6) is 5.75 Å². The molecule has 0 atom stereocenters. The van der Waals surface area contributed by atoms with Crippen molar-refractivity contribution in [2.75, 3.05) is 24.5 Å². The summed E-state index contributed by atoms with van der Waals surface area (Å²) in [5.74, 6) is 0.598. The Bertz CT molecular complexity index is 523. The number of urea groups is 1. The van der Waals surface area contributed by atoms with Crippen molar-refractivity contribution in [3.8, 4) is 5.75 Å². The zero-order valence-electron chi connectivity index (χ0n) is 11.8. The molecule has 21 heavy (non-hydrogen) atoms. The van der Waals surface area contributed by atoms with Gasteiger partial charge in [0.05, 0.1) is 0 Å². The first-order valence-corrected chi connectivity index (χ1v) is 7.31. The Morgan fingerprint density at radius 2 is 1.81 bits per heavy atom. The molecule has 1 aromatic rings. The monoisotopic (exact) mass is 289 g/mol. The lowest BCUT2D eigenvalue weighted by Gasteiger charge is -2.27. The highest BCUT2D eigenvalue weighted by Gasteiger charge is 2.24. The first-order chi connectivity index (χ1) is 10.2. The number of amides is 3. The average Bonchev–Trinajstić information content (AvgIpc) is 2.49. The number of benzene rings is 1. The third-order valence-electron chi connectivity index (χ3n) is 3.79. The molecule has 0 spiro atoms. The van der Waals surface area contributed by atoms with Gasteiger partial charge in [-0.1, -0.05) is 0 Å². The molecular weight excluding hydrogens is 270 g/mol.